The van der Waals surface area contributed by atoms with E-state index in [0.29, 0.717) is 36.8 Å². The number of hydrogen-bond donors (Lipinski definition) is 3. The molecule has 1 aromatic carbocycles. The molecule has 3 N–H and O–H groups in total. The highest BCUT2D eigenvalue weighted by atomic mass is 16.5. The predicted molar refractivity (Wildman–Crippen MR) is 116 cm³/mol. The van der Waals surface area contributed by atoms with Crippen LogP contribution in [0.15, 0.2) is 40.7 Å². The summed E-state index contributed by atoms with van der Waals surface area (Å²) in [4.78, 5) is 38.8. The van der Waals surface area contributed by atoms with Crippen LogP contribution < -0.4 is 20.8 Å². The first kappa shape index (κ1) is 22.3. The van der Waals surface area contributed by atoms with E-state index in [2.05, 4.69) is 21.2 Å². The molecule has 1 aromatic heterocycles. The lowest BCUT2D eigenvalue weighted by Crippen LogP contribution is -2.36. The molecule has 0 saturated carbocycles. The molecule has 0 aliphatic carbocycles. The van der Waals surface area contributed by atoms with Crippen LogP contribution in [-0.2, 0) is 22.7 Å². The van der Waals surface area contributed by atoms with E-state index < -0.39 is 18.0 Å². The number of carbonyl (C=O) groups is 3. The third kappa shape index (κ3) is 4.82. The molecule has 1 saturated heterocycles. The van der Waals surface area contributed by atoms with Gasteiger partial charge in [-0.2, -0.15) is 0 Å². The molecule has 1 fully saturated rings. The molecule has 4 rings (SSSR count). The normalized spacial score (nSPS) is 17.9. The number of urea groups is 1. The second kappa shape index (κ2) is 9.33. The molecule has 1 atom stereocenters. The van der Waals surface area contributed by atoms with E-state index in [9.17, 15) is 14.4 Å². The molecule has 33 heavy (non-hydrogen) atoms. The fraction of sp³-hybridized carbons (Fsp3) is 0.364. The predicted octanol–water partition coefficient (Wildman–Crippen LogP) is 1.09. The highest BCUT2D eigenvalue weighted by molar-refractivity contribution is 6.07. The van der Waals surface area contributed by atoms with Crippen LogP contribution in [0.1, 0.15) is 29.0 Å². The van der Waals surface area contributed by atoms with Gasteiger partial charge in [0.2, 0.25) is 5.91 Å². The molecule has 1 unspecified atom stereocenters. The Bertz CT molecular complexity index is 1090. The van der Waals surface area contributed by atoms with Crippen LogP contribution in [-0.4, -0.2) is 52.6 Å². The van der Waals surface area contributed by atoms with Crippen LogP contribution in [0.5, 0.6) is 5.75 Å². The van der Waals surface area contributed by atoms with Crippen molar-refractivity contribution in [1.82, 2.24) is 31.1 Å². The van der Waals surface area contributed by atoms with E-state index in [1.165, 1.54) is 0 Å². The summed E-state index contributed by atoms with van der Waals surface area (Å²) in [6.45, 7) is 4.76. The maximum absolute atomic E-state index is 12.9. The van der Waals surface area contributed by atoms with E-state index in [1.54, 1.807) is 18.3 Å². The topological polar surface area (TPSA) is 129 Å². The lowest BCUT2D eigenvalue weighted by molar-refractivity contribution is -0.130. The van der Waals surface area contributed by atoms with E-state index in [4.69, 9.17) is 9.26 Å². The van der Waals surface area contributed by atoms with Crippen molar-refractivity contribution < 1.29 is 23.6 Å². The number of methoxy groups -OCH3 is 1. The van der Waals surface area contributed by atoms with Crippen molar-refractivity contribution in [3.63, 3.8) is 0 Å². The molecule has 11 heteroatoms. The van der Waals surface area contributed by atoms with Crippen molar-refractivity contribution in [3.8, 4) is 5.75 Å². The first-order chi connectivity index (χ1) is 15.9. The number of rotatable bonds is 8. The summed E-state index contributed by atoms with van der Waals surface area (Å²) in [5.74, 6) is 0.615. The average Bonchev–Trinajstić information content (AvgIpc) is 3.46. The second-order valence-corrected chi connectivity index (χ2v) is 7.89. The summed E-state index contributed by atoms with van der Waals surface area (Å²) >= 11 is 0. The molecule has 2 aliphatic heterocycles. The summed E-state index contributed by atoms with van der Waals surface area (Å²) in [6.07, 6.45) is 1.56. The molecular weight excluding hydrogens is 428 g/mol. The van der Waals surface area contributed by atoms with Gasteiger partial charge in [-0.1, -0.05) is 17.3 Å². The Morgan fingerprint density at radius 2 is 2.15 bits per heavy atom. The summed E-state index contributed by atoms with van der Waals surface area (Å²) in [5.41, 5.74) is 6.22. The van der Waals surface area contributed by atoms with Crippen LogP contribution >= 0.6 is 0 Å². The van der Waals surface area contributed by atoms with Crippen molar-refractivity contribution in [1.29, 1.82) is 0 Å². The fourth-order valence-electron chi connectivity index (χ4n) is 3.77. The quantitative estimate of drug-likeness (QED) is 0.506. The average molecular weight is 454 g/mol. The molecule has 0 bridgehead atoms. The summed E-state index contributed by atoms with van der Waals surface area (Å²) in [7, 11) is 1.57. The number of aryl methyl sites for hydroxylation is 2. The minimum absolute atomic E-state index is 0.144. The van der Waals surface area contributed by atoms with E-state index in [0.717, 1.165) is 21.7 Å². The minimum Gasteiger partial charge on any atom is -0.497 e. The first-order valence-corrected chi connectivity index (χ1v) is 10.5. The highest BCUT2D eigenvalue weighted by Gasteiger charge is 2.42. The van der Waals surface area contributed by atoms with Gasteiger partial charge >= 0.3 is 6.03 Å². The Morgan fingerprint density at radius 3 is 2.88 bits per heavy atom. The van der Waals surface area contributed by atoms with Gasteiger partial charge in [-0.25, -0.2) is 15.1 Å². The van der Waals surface area contributed by atoms with Crippen molar-refractivity contribution in [2.24, 2.45) is 0 Å². The van der Waals surface area contributed by atoms with Gasteiger partial charge < -0.3 is 24.9 Å². The number of hydrogen-bond acceptors (Lipinski definition) is 8. The van der Waals surface area contributed by atoms with Gasteiger partial charge in [-0.15, -0.1) is 0 Å². The van der Waals surface area contributed by atoms with Crippen LogP contribution in [0.25, 0.3) is 0 Å². The largest absolute Gasteiger partial charge is 0.497 e. The Hall–Kier alpha value is -3.86. The van der Waals surface area contributed by atoms with Gasteiger partial charge in [-0.3, -0.25) is 9.59 Å². The molecule has 2 aromatic rings. The number of amides is 4. The molecular formula is C22H26N6O5. The molecule has 2 aliphatic rings. The van der Waals surface area contributed by atoms with Gasteiger partial charge in [0.15, 0.2) is 0 Å². The number of nitrogens with one attached hydrogen (secondary N) is 3. The van der Waals surface area contributed by atoms with Crippen molar-refractivity contribution in [2.45, 2.75) is 39.4 Å². The minimum atomic E-state index is -0.916. The Labute approximate surface area is 190 Å². The van der Waals surface area contributed by atoms with Gasteiger partial charge in [-0.05, 0) is 31.5 Å². The Morgan fingerprint density at radius 1 is 1.33 bits per heavy atom. The number of carbonyl (C=O) groups excluding carboxylic acids is 3. The van der Waals surface area contributed by atoms with Crippen molar-refractivity contribution in [2.75, 3.05) is 13.7 Å². The number of imide groups is 1. The van der Waals surface area contributed by atoms with Gasteiger partial charge in [0, 0.05) is 18.3 Å². The summed E-state index contributed by atoms with van der Waals surface area (Å²) in [6, 6.07) is 5.86. The fourth-order valence-corrected chi connectivity index (χ4v) is 3.77. The number of aromatic nitrogens is 1. The second-order valence-electron chi connectivity index (χ2n) is 7.89. The van der Waals surface area contributed by atoms with Gasteiger partial charge in [0.05, 0.1) is 38.0 Å². The van der Waals surface area contributed by atoms with Crippen LogP contribution in [0.4, 0.5) is 4.79 Å². The van der Waals surface area contributed by atoms with Crippen molar-refractivity contribution in [3.05, 3.63) is 58.7 Å². The molecule has 0 radical (unpaired) electrons. The molecule has 3 heterocycles. The molecule has 0 spiro atoms. The number of ether oxygens (including phenoxy) is 1. The standard InChI is InChI=1S/C22H26N6O5/c1-13-18(14(2)33-26-13)12-27-11-16(10-24-27)28-21(30)19(25-22(28)31)8-20(29)23-9-15-5-4-6-17(7-15)32-3/h4-7,11,19,24H,8-10,12H2,1-3H3,(H,23,29)(H,25,31). The monoisotopic (exact) mass is 454 g/mol. The lowest BCUT2D eigenvalue weighted by atomic mass is 10.1. The van der Waals surface area contributed by atoms with Gasteiger partial charge in [0.25, 0.3) is 5.91 Å². The SMILES string of the molecule is COc1cccc(CNC(=O)CC2NC(=O)N(C3=CN(Cc4c(C)noc4C)NC3)C2=O)c1. The van der Waals surface area contributed by atoms with E-state index in [1.807, 2.05) is 38.1 Å². The number of hydrazine groups is 1. The zero-order valence-corrected chi connectivity index (χ0v) is 18.7. The third-order valence-corrected chi connectivity index (χ3v) is 5.60. The Kier molecular flexibility index (Phi) is 6.31. The molecule has 174 valence electrons. The maximum atomic E-state index is 12.9. The highest BCUT2D eigenvalue weighted by Crippen LogP contribution is 2.21. The first-order valence-electron chi connectivity index (χ1n) is 10.5. The molecule has 11 nitrogen and oxygen atoms in total. The third-order valence-electron chi connectivity index (χ3n) is 5.60. The van der Waals surface area contributed by atoms with Crippen LogP contribution in [0, 0.1) is 13.8 Å². The Balaban J connectivity index is 1.34. The zero-order chi connectivity index (χ0) is 23.5. The summed E-state index contributed by atoms with van der Waals surface area (Å²) < 4.78 is 10.4. The van der Waals surface area contributed by atoms with E-state index >= 15 is 0 Å². The lowest BCUT2D eigenvalue weighted by Gasteiger charge is -2.14. The van der Waals surface area contributed by atoms with Gasteiger partial charge in [0.1, 0.15) is 17.6 Å². The van der Waals surface area contributed by atoms with Crippen molar-refractivity contribution >= 4 is 17.8 Å². The number of nitrogens with zero attached hydrogens (tertiary/aromatic N) is 3. The van der Waals surface area contributed by atoms with E-state index in [-0.39, 0.29) is 12.3 Å². The smallest absolute Gasteiger partial charge is 0.329 e. The molecule has 4 amide bonds. The number of benzene rings is 1. The summed E-state index contributed by atoms with van der Waals surface area (Å²) in [5, 5.41) is 11.1. The van der Waals surface area contributed by atoms with Crippen LogP contribution in [0.3, 0.4) is 0 Å². The van der Waals surface area contributed by atoms with Crippen LogP contribution in [0.2, 0.25) is 0 Å². The maximum Gasteiger partial charge on any atom is 0.329 e. The zero-order valence-electron chi connectivity index (χ0n) is 18.7.